The molecule has 2 aromatic rings. The van der Waals surface area contributed by atoms with E-state index in [0.717, 1.165) is 26.1 Å². The molecule has 172 valence electrons. The molecule has 0 aromatic heterocycles. The van der Waals surface area contributed by atoms with E-state index in [4.69, 9.17) is 11.6 Å². The maximum Gasteiger partial charge on any atom is 0.227 e. The smallest absolute Gasteiger partial charge is 0.227 e. The van der Waals surface area contributed by atoms with Crippen LogP contribution in [0.1, 0.15) is 24.0 Å². The second-order valence-corrected chi connectivity index (χ2v) is 11.1. The summed E-state index contributed by atoms with van der Waals surface area (Å²) < 4.78 is 27.4. The number of amides is 1. The first-order valence-electron chi connectivity index (χ1n) is 11.2. The summed E-state index contributed by atoms with van der Waals surface area (Å²) in [6, 6.07) is 17.2. The van der Waals surface area contributed by atoms with Crippen molar-refractivity contribution in [3.05, 3.63) is 70.7 Å². The van der Waals surface area contributed by atoms with E-state index in [1.165, 1.54) is 9.87 Å². The summed E-state index contributed by atoms with van der Waals surface area (Å²) in [6.45, 7) is 4.71. The summed E-state index contributed by atoms with van der Waals surface area (Å²) in [6.07, 6.45) is 1.46. The highest BCUT2D eigenvalue weighted by atomic mass is 35.5. The molecule has 2 aliphatic rings. The average Bonchev–Trinajstić information content (AvgIpc) is 2.81. The predicted molar refractivity (Wildman–Crippen MR) is 127 cm³/mol. The standard InChI is InChI=1S/C24H30ClN3O3S/c25-23-10-8-21(9-11-23)19-32(30,31)28-12-4-7-22(18-28)24(29)27-15-13-26(14-16-27)17-20-5-2-1-3-6-20/h1-3,5-6,8-11,22H,4,7,12-19H2. The zero-order valence-electron chi connectivity index (χ0n) is 18.2. The van der Waals surface area contributed by atoms with Gasteiger partial charge in [-0.1, -0.05) is 54.1 Å². The van der Waals surface area contributed by atoms with Gasteiger partial charge in [0, 0.05) is 50.8 Å². The molecule has 1 atom stereocenters. The van der Waals surface area contributed by atoms with Gasteiger partial charge in [0.05, 0.1) is 11.7 Å². The van der Waals surface area contributed by atoms with Gasteiger partial charge in [0.1, 0.15) is 0 Å². The average molecular weight is 476 g/mol. The quantitative estimate of drug-likeness (QED) is 0.643. The second kappa shape index (κ2) is 10.3. The van der Waals surface area contributed by atoms with Gasteiger partial charge in [-0.25, -0.2) is 12.7 Å². The Hall–Kier alpha value is -1.93. The van der Waals surface area contributed by atoms with Gasteiger partial charge in [-0.3, -0.25) is 9.69 Å². The number of hydrogen-bond acceptors (Lipinski definition) is 4. The van der Waals surface area contributed by atoms with Crippen molar-refractivity contribution in [1.82, 2.24) is 14.1 Å². The highest BCUT2D eigenvalue weighted by Gasteiger charge is 2.35. The van der Waals surface area contributed by atoms with Crippen LogP contribution in [0, 0.1) is 5.92 Å². The van der Waals surface area contributed by atoms with Crippen molar-refractivity contribution in [3.8, 4) is 0 Å². The number of nitrogens with zero attached hydrogens (tertiary/aromatic N) is 3. The third-order valence-electron chi connectivity index (χ3n) is 6.32. The Morgan fingerprint density at radius 2 is 1.59 bits per heavy atom. The molecule has 1 amide bonds. The largest absolute Gasteiger partial charge is 0.340 e. The summed E-state index contributed by atoms with van der Waals surface area (Å²) in [5.41, 5.74) is 1.98. The maximum absolute atomic E-state index is 13.2. The lowest BCUT2D eigenvalue weighted by atomic mass is 9.97. The fourth-order valence-corrected chi connectivity index (χ4v) is 6.24. The maximum atomic E-state index is 13.2. The Morgan fingerprint density at radius 1 is 0.906 bits per heavy atom. The number of sulfonamides is 1. The number of carbonyl (C=O) groups is 1. The van der Waals surface area contributed by atoms with E-state index in [9.17, 15) is 13.2 Å². The lowest BCUT2D eigenvalue weighted by Gasteiger charge is -2.38. The van der Waals surface area contributed by atoms with Crippen LogP contribution in [0.2, 0.25) is 5.02 Å². The SMILES string of the molecule is O=C(C1CCCN(S(=O)(=O)Cc2ccc(Cl)cc2)C1)N1CCN(Cc2ccccc2)CC1. The zero-order chi connectivity index (χ0) is 22.6. The minimum atomic E-state index is -3.48. The van der Waals surface area contributed by atoms with Crippen LogP contribution < -0.4 is 0 Å². The molecule has 4 rings (SSSR count). The van der Waals surface area contributed by atoms with Gasteiger partial charge in [0.25, 0.3) is 0 Å². The van der Waals surface area contributed by atoms with Gasteiger partial charge in [0.2, 0.25) is 15.9 Å². The van der Waals surface area contributed by atoms with E-state index in [0.29, 0.717) is 36.6 Å². The molecule has 2 aliphatic heterocycles. The Labute approximate surface area is 195 Å². The normalized spacial score (nSPS) is 20.9. The summed E-state index contributed by atoms with van der Waals surface area (Å²) in [5.74, 6) is -0.233. The third-order valence-corrected chi connectivity index (χ3v) is 8.39. The van der Waals surface area contributed by atoms with Crippen LogP contribution in [0.25, 0.3) is 0 Å². The summed E-state index contributed by atoms with van der Waals surface area (Å²) in [5, 5.41) is 0.582. The molecule has 0 spiro atoms. The van der Waals surface area contributed by atoms with E-state index >= 15 is 0 Å². The first-order valence-corrected chi connectivity index (χ1v) is 13.2. The Morgan fingerprint density at radius 3 is 2.28 bits per heavy atom. The number of benzene rings is 2. The molecule has 2 aromatic carbocycles. The van der Waals surface area contributed by atoms with Crippen molar-refractivity contribution < 1.29 is 13.2 Å². The molecule has 0 bridgehead atoms. The first-order chi connectivity index (χ1) is 15.4. The van der Waals surface area contributed by atoms with Gasteiger partial charge in [-0.05, 0) is 36.1 Å². The minimum Gasteiger partial charge on any atom is -0.340 e. The van der Waals surface area contributed by atoms with E-state index in [1.54, 1.807) is 24.3 Å². The number of halogens is 1. The highest BCUT2D eigenvalue weighted by molar-refractivity contribution is 7.88. The van der Waals surface area contributed by atoms with Crippen LogP contribution >= 0.6 is 11.6 Å². The highest BCUT2D eigenvalue weighted by Crippen LogP contribution is 2.24. The van der Waals surface area contributed by atoms with Crippen LogP contribution in [0.5, 0.6) is 0 Å². The van der Waals surface area contributed by atoms with Gasteiger partial charge >= 0.3 is 0 Å². The van der Waals surface area contributed by atoms with Crippen LogP contribution in [0.4, 0.5) is 0 Å². The molecule has 32 heavy (non-hydrogen) atoms. The molecule has 0 N–H and O–H groups in total. The van der Waals surface area contributed by atoms with E-state index in [2.05, 4.69) is 17.0 Å². The van der Waals surface area contributed by atoms with Crippen LogP contribution in [0.15, 0.2) is 54.6 Å². The molecule has 6 nitrogen and oxygen atoms in total. The molecule has 2 heterocycles. The topological polar surface area (TPSA) is 60.9 Å². The molecule has 0 aliphatic carbocycles. The van der Waals surface area contributed by atoms with E-state index < -0.39 is 10.0 Å². The Balaban J connectivity index is 1.31. The zero-order valence-corrected chi connectivity index (χ0v) is 19.8. The van der Waals surface area contributed by atoms with Crippen molar-refractivity contribution in [2.45, 2.75) is 25.1 Å². The van der Waals surface area contributed by atoms with Gasteiger partial charge in [-0.2, -0.15) is 0 Å². The molecule has 1 unspecified atom stereocenters. The second-order valence-electron chi connectivity index (χ2n) is 8.67. The minimum absolute atomic E-state index is 0.0662. The molecule has 0 radical (unpaired) electrons. The van der Waals surface area contributed by atoms with Crippen LogP contribution in [-0.4, -0.2) is 67.7 Å². The van der Waals surface area contributed by atoms with Crippen molar-refractivity contribution in [1.29, 1.82) is 0 Å². The monoisotopic (exact) mass is 475 g/mol. The number of piperazine rings is 1. The Bertz CT molecular complexity index is 1010. The number of piperidine rings is 1. The molecular weight excluding hydrogens is 446 g/mol. The van der Waals surface area contributed by atoms with Crippen molar-refractivity contribution in [3.63, 3.8) is 0 Å². The van der Waals surface area contributed by atoms with Crippen molar-refractivity contribution in [2.24, 2.45) is 5.92 Å². The van der Waals surface area contributed by atoms with Gasteiger partial charge in [-0.15, -0.1) is 0 Å². The summed E-state index contributed by atoms with van der Waals surface area (Å²) in [4.78, 5) is 17.4. The molecule has 8 heteroatoms. The molecule has 2 fully saturated rings. The fraction of sp³-hybridized carbons (Fsp3) is 0.458. The fourth-order valence-electron chi connectivity index (χ4n) is 4.51. The van der Waals surface area contributed by atoms with Crippen molar-refractivity contribution >= 4 is 27.5 Å². The molecular formula is C24H30ClN3O3S. The third kappa shape index (κ3) is 5.90. The number of carbonyl (C=O) groups excluding carboxylic acids is 1. The summed E-state index contributed by atoms with van der Waals surface area (Å²) in [7, 11) is -3.48. The van der Waals surface area contributed by atoms with E-state index in [-0.39, 0.29) is 24.1 Å². The Kier molecular flexibility index (Phi) is 7.51. The lowest BCUT2D eigenvalue weighted by molar-refractivity contribution is -0.138. The van der Waals surface area contributed by atoms with Crippen LogP contribution in [-0.2, 0) is 27.1 Å². The molecule has 0 saturated carbocycles. The van der Waals surface area contributed by atoms with Crippen LogP contribution in [0.3, 0.4) is 0 Å². The van der Waals surface area contributed by atoms with Gasteiger partial charge in [0.15, 0.2) is 0 Å². The number of rotatable bonds is 6. The first kappa shape index (κ1) is 23.2. The molecule has 2 saturated heterocycles. The predicted octanol–water partition coefficient (Wildman–Crippen LogP) is 3.23. The van der Waals surface area contributed by atoms with E-state index in [1.807, 2.05) is 23.1 Å². The summed E-state index contributed by atoms with van der Waals surface area (Å²) >= 11 is 5.90. The lowest BCUT2D eigenvalue weighted by Crippen LogP contribution is -2.52. The van der Waals surface area contributed by atoms with Gasteiger partial charge < -0.3 is 4.90 Å². The van der Waals surface area contributed by atoms with Crippen molar-refractivity contribution in [2.75, 3.05) is 39.3 Å². The number of hydrogen-bond donors (Lipinski definition) is 0.